The summed E-state index contributed by atoms with van der Waals surface area (Å²) < 4.78 is 0. The van der Waals surface area contributed by atoms with Crippen LogP contribution < -0.4 is 16.0 Å². The first-order valence-electron chi connectivity index (χ1n) is 12.3. The fourth-order valence-electron chi connectivity index (χ4n) is 4.57. The Morgan fingerprint density at radius 2 is 1.69 bits per heavy atom. The van der Waals surface area contributed by atoms with Crippen LogP contribution in [-0.2, 0) is 0 Å². The Labute approximate surface area is 206 Å². The van der Waals surface area contributed by atoms with Crippen LogP contribution in [0.5, 0.6) is 0 Å². The molecule has 1 saturated heterocycles. The molecule has 0 saturated carbocycles. The number of nitriles is 1. The van der Waals surface area contributed by atoms with E-state index < -0.39 is 0 Å². The van der Waals surface area contributed by atoms with E-state index in [0.29, 0.717) is 11.5 Å². The standard InChI is InChI=1S/C29H30N6/c1-20-2-9-25(10-3-20)33-29-34-27-18-24(23-6-4-22(19-30)5-7-23)8-11-26(27)28(35-29)32-17-14-21-12-15-31-16-13-21/h2-11,18,21,31H,12-17H2,1H3,(H2,32,33,34,35). The minimum absolute atomic E-state index is 0.572. The van der Waals surface area contributed by atoms with Crippen LogP contribution in [-0.4, -0.2) is 29.6 Å². The molecule has 0 amide bonds. The van der Waals surface area contributed by atoms with Gasteiger partial charge in [0.2, 0.25) is 5.95 Å². The summed E-state index contributed by atoms with van der Waals surface area (Å²) in [4.78, 5) is 9.69. The van der Waals surface area contributed by atoms with Crippen LogP contribution >= 0.6 is 0 Å². The van der Waals surface area contributed by atoms with Crippen LogP contribution in [0.1, 0.15) is 30.4 Å². The van der Waals surface area contributed by atoms with E-state index >= 15 is 0 Å². The molecule has 176 valence electrons. The highest BCUT2D eigenvalue weighted by Crippen LogP contribution is 2.29. The van der Waals surface area contributed by atoms with Crippen LogP contribution in [0.3, 0.4) is 0 Å². The number of aromatic nitrogens is 2. The zero-order chi connectivity index (χ0) is 24.0. The molecular weight excluding hydrogens is 432 g/mol. The highest BCUT2D eigenvalue weighted by molar-refractivity contribution is 5.93. The quantitative estimate of drug-likeness (QED) is 0.311. The van der Waals surface area contributed by atoms with Crippen molar-refractivity contribution in [2.75, 3.05) is 30.3 Å². The minimum atomic E-state index is 0.572. The van der Waals surface area contributed by atoms with Crippen molar-refractivity contribution < 1.29 is 0 Å². The van der Waals surface area contributed by atoms with Gasteiger partial charge in [-0.2, -0.15) is 10.2 Å². The predicted octanol–water partition coefficient (Wildman–Crippen LogP) is 6.02. The summed E-state index contributed by atoms with van der Waals surface area (Å²) in [5.74, 6) is 2.18. The number of nitrogens with one attached hydrogen (secondary N) is 3. The van der Waals surface area contributed by atoms with E-state index in [2.05, 4.69) is 59.3 Å². The molecule has 1 aromatic heterocycles. The van der Waals surface area contributed by atoms with Gasteiger partial charge in [0.1, 0.15) is 5.82 Å². The van der Waals surface area contributed by atoms with E-state index in [1.165, 1.54) is 18.4 Å². The molecular formula is C29H30N6. The summed E-state index contributed by atoms with van der Waals surface area (Å²) >= 11 is 0. The fourth-order valence-corrected chi connectivity index (χ4v) is 4.57. The van der Waals surface area contributed by atoms with E-state index in [-0.39, 0.29) is 0 Å². The van der Waals surface area contributed by atoms with Crippen LogP contribution in [0.15, 0.2) is 66.7 Å². The lowest BCUT2D eigenvalue weighted by atomic mass is 9.95. The van der Waals surface area contributed by atoms with Crippen molar-refractivity contribution in [3.05, 3.63) is 77.9 Å². The molecule has 5 rings (SSSR count). The molecule has 35 heavy (non-hydrogen) atoms. The Morgan fingerprint density at radius 3 is 2.43 bits per heavy atom. The molecule has 0 aliphatic carbocycles. The van der Waals surface area contributed by atoms with Gasteiger partial charge in [0, 0.05) is 17.6 Å². The predicted molar refractivity (Wildman–Crippen MR) is 143 cm³/mol. The van der Waals surface area contributed by atoms with Crippen molar-refractivity contribution in [1.29, 1.82) is 5.26 Å². The molecule has 1 aliphatic rings. The third kappa shape index (κ3) is 5.59. The Morgan fingerprint density at radius 1 is 0.943 bits per heavy atom. The Kier molecular flexibility index (Phi) is 6.87. The average Bonchev–Trinajstić information content (AvgIpc) is 2.90. The number of fused-ring (bicyclic) bond motifs is 1. The van der Waals surface area contributed by atoms with Gasteiger partial charge in [0.05, 0.1) is 17.1 Å². The molecule has 1 aliphatic heterocycles. The van der Waals surface area contributed by atoms with Crippen molar-refractivity contribution in [2.24, 2.45) is 5.92 Å². The first kappa shape index (κ1) is 22.8. The second kappa shape index (κ2) is 10.5. The molecule has 3 aromatic carbocycles. The van der Waals surface area contributed by atoms with Crippen molar-refractivity contribution in [1.82, 2.24) is 15.3 Å². The summed E-state index contributed by atoms with van der Waals surface area (Å²) in [6.07, 6.45) is 3.61. The van der Waals surface area contributed by atoms with Crippen molar-refractivity contribution in [2.45, 2.75) is 26.2 Å². The number of hydrogen-bond donors (Lipinski definition) is 3. The summed E-state index contributed by atoms with van der Waals surface area (Å²) in [5, 5.41) is 20.5. The van der Waals surface area contributed by atoms with Gasteiger partial charge in [-0.05, 0) is 92.7 Å². The maximum absolute atomic E-state index is 9.11. The third-order valence-electron chi connectivity index (χ3n) is 6.66. The molecule has 3 N–H and O–H groups in total. The molecule has 0 spiro atoms. The van der Waals surface area contributed by atoms with Gasteiger partial charge < -0.3 is 16.0 Å². The lowest BCUT2D eigenvalue weighted by Gasteiger charge is -2.22. The first-order chi connectivity index (χ1) is 17.2. The number of piperidine rings is 1. The second-order valence-electron chi connectivity index (χ2n) is 9.22. The Hall–Kier alpha value is -3.95. The SMILES string of the molecule is Cc1ccc(Nc2nc(NCCC3CCNCC3)c3ccc(-c4ccc(C#N)cc4)cc3n2)cc1. The molecule has 0 atom stereocenters. The number of nitrogens with zero attached hydrogens (tertiary/aromatic N) is 3. The lowest BCUT2D eigenvalue weighted by Crippen LogP contribution is -2.28. The highest BCUT2D eigenvalue weighted by atomic mass is 15.1. The number of benzene rings is 3. The molecule has 0 radical (unpaired) electrons. The van der Waals surface area contributed by atoms with Gasteiger partial charge in [0.15, 0.2) is 0 Å². The summed E-state index contributed by atoms with van der Waals surface area (Å²) in [7, 11) is 0. The van der Waals surface area contributed by atoms with Crippen LogP contribution in [0, 0.1) is 24.2 Å². The normalized spacial score (nSPS) is 13.9. The number of anilines is 3. The summed E-state index contributed by atoms with van der Waals surface area (Å²) in [5.41, 5.74) is 5.81. The van der Waals surface area contributed by atoms with Gasteiger partial charge in [-0.1, -0.05) is 35.9 Å². The maximum atomic E-state index is 9.11. The Bertz CT molecular complexity index is 1330. The molecule has 0 bridgehead atoms. The van der Waals surface area contributed by atoms with Crippen LogP contribution in [0.25, 0.3) is 22.0 Å². The first-order valence-corrected chi connectivity index (χ1v) is 12.3. The van der Waals surface area contributed by atoms with Crippen molar-refractivity contribution in [3.63, 3.8) is 0 Å². The van der Waals surface area contributed by atoms with E-state index in [1.807, 2.05) is 36.4 Å². The molecule has 0 unspecified atom stereocenters. The second-order valence-corrected chi connectivity index (χ2v) is 9.22. The molecule has 6 nitrogen and oxygen atoms in total. The van der Waals surface area contributed by atoms with Crippen molar-refractivity contribution in [3.8, 4) is 17.2 Å². The minimum Gasteiger partial charge on any atom is -0.369 e. The third-order valence-corrected chi connectivity index (χ3v) is 6.66. The van der Waals surface area contributed by atoms with Gasteiger partial charge >= 0.3 is 0 Å². The summed E-state index contributed by atoms with van der Waals surface area (Å²) in [6, 6.07) is 24.3. The van der Waals surface area contributed by atoms with Gasteiger partial charge in [0.25, 0.3) is 0 Å². The van der Waals surface area contributed by atoms with E-state index in [1.54, 1.807) is 0 Å². The maximum Gasteiger partial charge on any atom is 0.229 e. The fraction of sp³-hybridized carbons (Fsp3) is 0.276. The topological polar surface area (TPSA) is 85.7 Å². The number of aryl methyl sites for hydroxylation is 1. The zero-order valence-corrected chi connectivity index (χ0v) is 20.0. The lowest BCUT2D eigenvalue weighted by molar-refractivity contribution is 0.361. The average molecular weight is 463 g/mol. The van der Waals surface area contributed by atoms with E-state index in [4.69, 9.17) is 15.2 Å². The van der Waals surface area contributed by atoms with E-state index in [9.17, 15) is 0 Å². The molecule has 2 heterocycles. The monoisotopic (exact) mass is 462 g/mol. The van der Waals surface area contributed by atoms with Gasteiger partial charge in [-0.15, -0.1) is 0 Å². The molecule has 4 aromatic rings. The number of rotatable bonds is 7. The smallest absolute Gasteiger partial charge is 0.229 e. The largest absolute Gasteiger partial charge is 0.369 e. The number of hydrogen-bond acceptors (Lipinski definition) is 6. The van der Waals surface area contributed by atoms with Gasteiger partial charge in [-0.3, -0.25) is 0 Å². The van der Waals surface area contributed by atoms with Crippen molar-refractivity contribution >= 4 is 28.4 Å². The molecule has 6 heteroatoms. The Balaban J connectivity index is 1.45. The van der Waals surface area contributed by atoms with Gasteiger partial charge in [-0.25, -0.2) is 4.98 Å². The van der Waals surface area contributed by atoms with E-state index in [0.717, 1.165) is 65.5 Å². The zero-order valence-electron chi connectivity index (χ0n) is 20.0. The van der Waals surface area contributed by atoms with Crippen LogP contribution in [0.4, 0.5) is 17.5 Å². The summed E-state index contributed by atoms with van der Waals surface area (Å²) in [6.45, 7) is 5.19. The highest BCUT2D eigenvalue weighted by Gasteiger charge is 2.14. The molecule has 1 fully saturated rings. The van der Waals surface area contributed by atoms with Crippen LogP contribution in [0.2, 0.25) is 0 Å².